The number of hydrogen-bond donors (Lipinski definition) is 3. The van der Waals surface area contributed by atoms with E-state index in [9.17, 15) is 17.9 Å². The fourth-order valence-corrected chi connectivity index (χ4v) is 4.45. The van der Waals surface area contributed by atoms with Gasteiger partial charge in [-0.15, -0.1) is 0 Å². The number of anilines is 1. The standard InChI is InChI=1S/C14H21FN4O3S/c1-9(16)7-18-4-2-10-6-12(20)14(13(15)11(10)8-18)19-5-3-17-23(19,21)22/h6,9,17,20H,2-5,7-8,16H2,1H3/t9-/m1/s1. The molecule has 2 heterocycles. The average Bonchev–Trinajstić information content (AvgIpc) is 2.79. The monoisotopic (exact) mass is 344 g/mol. The van der Waals surface area contributed by atoms with Gasteiger partial charge in [0.1, 0.15) is 11.4 Å². The number of halogens is 1. The number of fused-ring (bicyclic) bond motifs is 1. The summed E-state index contributed by atoms with van der Waals surface area (Å²) in [5, 5.41) is 10.1. The number of nitrogens with two attached hydrogens (primary N) is 1. The molecule has 2 aliphatic rings. The van der Waals surface area contributed by atoms with Crippen molar-refractivity contribution in [3.05, 3.63) is 23.0 Å². The van der Waals surface area contributed by atoms with E-state index in [2.05, 4.69) is 4.72 Å². The molecule has 0 unspecified atom stereocenters. The fourth-order valence-electron chi connectivity index (χ4n) is 3.20. The van der Waals surface area contributed by atoms with Crippen LogP contribution in [-0.2, 0) is 23.2 Å². The van der Waals surface area contributed by atoms with E-state index >= 15 is 0 Å². The Hall–Kier alpha value is -1.42. The Morgan fingerprint density at radius 3 is 2.83 bits per heavy atom. The first-order valence-corrected chi connectivity index (χ1v) is 9.02. The highest BCUT2D eigenvalue weighted by Gasteiger charge is 2.35. The van der Waals surface area contributed by atoms with Crippen LogP contribution in [0.2, 0.25) is 0 Å². The van der Waals surface area contributed by atoms with E-state index in [4.69, 9.17) is 5.73 Å². The maximum absolute atomic E-state index is 15.0. The summed E-state index contributed by atoms with van der Waals surface area (Å²) in [6.07, 6.45) is 0.595. The van der Waals surface area contributed by atoms with Crippen molar-refractivity contribution in [2.75, 3.05) is 30.5 Å². The smallest absolute Gasteiger partial charge is 0.301 e. The molecule has 0 bridgehead atoms. The predicted molar refractivity (Wildman–Crippen MR) is 85.0 cm³/mol. The molecule has 7 nitrogen and oxygen atoms in total. The number of benzene rings is 1. The second-order valence-corrected chi connectivity index (χ2v) is 7.81. The lowest BCUT2D eigenvalue weighted by molar-refractivity contribution is 0.238. The molecule has 0 radical (unpaired) electrons. The van der Waals surface area contributed by atoms with Gasteiger partial charge in [0, 0.05) is 44.3 Å². The van der Waals surface area contributed by atoms with Crippen molar-refractivity contribution >= 4 is 15.9 Å². The summed E-state index contributed by atoms with van der Waals surface area (Å²) in [5.74, 6) is -1.00. The molecule has 0 amide bonds. The van der Waals surface area contributed by atoms with Gasteiger partial charge in [0.25, 0.3) is 0 Å². The third kappa shape index (κ3) is 3.01. The first-order chi connectivity index (χ1) is 10.8. The Morgan fingerprint density at radius 1 is 1.48 bits per heavy atom. The number of phenolic OH excluding ortho intramolecular Hbond substituents is 1. The maximum Gasteiger partial charge on any atom is 0.301 e. The van der Waals surface area contributed by atoms with Gasteiger partial charge in [-0.3, -0.25) is 4.90 Å². The highest BCUT2D eigenvalue weighted by atomic mass is 32.2. The molecule has 0 aliphatic carbocycles. The number of rotatable bonds is 3. The largest absolute Gasteiger partial charge is 0.506 e. The molecular weight excluding hydrogens is 323 g/mol. The molecule has 9 heteroatoms. The lowest BCUT2D eigenvalue weighted by Gasteiger charge is -2.31. The van der Waals surface area contributed by atoms with Crippen molar-refractivity contribution < 1.29 is 17.9 Å². The SMILES string of the molecule is C[C@@H](N)CN1CCc2cc(O)c(N3CCNS3(=O)=O)c(F)c2C1. The number of hydrogen-bond acceptors (Lipinski definition) is 5. The molecule has 3 rings (SSSR count). The van der Waals surface area contributed by atoms with E-state index in [-0.39, 0.29) is 30.6 Å². The first kappa shape index (κ1) is 16.4. The number of nitrogens with zero attached hydrogens (tertiary/aromatic N) is 2. The van der Waals surface area contributed by atoms with E-state index < -0.39 is 16.0 Å². The minimum Gasteiger partial charge on any atom is -0.506 e. The molecule has 23 heavy (non-hydrogen) atoms. The van der Waals surface area contributed by atoms with Crippen molar-refractivity contribution in [1.82, 2.24) is 9.62 Å². The van der Waals surface area contributed by atoms with Gasteiger partial charge in [-0.05, 0) is 25.0 Å². The molecule has 4 N–H and O–H groups in total. The third-order valence-electron chi connectivity index (χ3n) is 4.18. The number of aromatic hydroxyl groups is 1. The summed E-state index contributed by atoms with van der Waals surface area (Å²) in [7, 11) is -3.79. The number of phenols is 1. The van der Waals surface area contributed by atoms with Gasteiger partial charge >= 0.3 is 10.2 Å². The van der Waals surface area contributed by atoms with Gasteiger partial charge in [-0.25, -0.2) is 8.70 Å². The highest BCUT2D eigenvalue weighted by molar-refractivity contribution is 7.91. The summed E-state index contributed by atoms with van der Waals surface area (Å²) < 4.78 is 42.1. The Balaban J connectivity index is 2.01. The van der Waals surface area contributed by atoms with Crippen LogP contribution in [0.25, 0.3) is 0 Å². The van der Waals surface area contributed by atoms with E-state index in [1.54, 1.807) is 0 Å². The second-order valence-electron chi connectivity index (χ2n) is 6.13. The van der Waals surface area contributed by atoms with Gasteiger partial charge in [-0.2, -0.15) is 13.1 Å². The van der Waals surface area contributed by atoms with E-state index in [1.165, 1.54) is 6.07 Å². The predicted octanol–water partition coefficient (Wildman–Crippen LogP) is -0.109. The van der Waals surface area contributed by atoms with E-state index in [0.29, 0.717) is 30.6 Å². The van der Waals surface area contributed by atoms with Crippen LogP contribution in [-0.4, -0.2) is 50.6 Å². The van der Waals surface area contributed by atoms with Crippen molar-refractivity contribution in [3.8, 4) is 5.75 Å². The van der Waals surface area contributed by atoms with E-state index in [0.717, 1.165) is 10.8 Å². The van der Waals surface area contributed by atoms with Crippen LogP contribution < -0.4 is 14.8 Å². The van der Waals surface area contributed by atoms with Gasteiger partial charge in [0.05, 0.1) is 0 Å². The Kier molecular flexibility index (Phi) is 4.21. The second kappa shape index (κ2) is 5.90. The zero-order valence-electron chi connectivity index (χ0n) is 12.9. The molecule has 1 aromatic carbocycles. The molecule has 1 atom stereocenters. The van der Waals surface area contributed by atoms with Crippen LogP contribution in [0.1, 0.15) is 18.1 Å². The van der Waals surface area contributed by atoms with Crippen molar-refractivity contribution in [2.24, 2.45) is 5.73 Å². The summed E-state index contributed by atoms with van der Waals surface area (Å²) >= 11 is 0. The molecule has 0 aromatic heterocycles. The average molecular weight is 344 g/mol. The first-order valence-electron chi connectivity index (χ1n) is 7.58. The lowest BCUT2D eigenvalue weighted by Crippen LogP contribution is -2.39. The zero-order valence-corrected chi connectivity index (χ0v) is 13.7. The van der Waals surface area contributed by atoms with Crippen molar-refractivity contribution in [3.63, 3.8) is 0 Å². The van der Waals surface area contributed by atoms with Crippen LogP contribution in [0, 0.1) is 5.82 Å². The third-order valence-corrected chi connectivity index (χ3v) is 5.69. The molecular formula is C14H21FN4O3S. The highest BCUT2D eigenvalue weighted by Crippen LogP contribution is 2.38. The Bertz CT molecular complexity index is 723. The minimum absolute atomic E-state index is 0.0284. The number of nitrogens with one attached hydrogen (secondary N) is 1. The lowest BCUT2D eigenvalue weighted by atomic mass is 9.97. The van der Waals surface area contributed by atoms with Gasteiger partial charge in [0.2, 0.25) is 0 Å². The molecule has 0 saturated carbocycles. The van der Waals surface area contributed by atoms with Crippen LogP contribution in [0.3, 0.4) is 0 Å². The minimum atomic E-state index is -3.79. The molecule has 2 aliphatic heterocycles. The zero-order chi connectivity index (χ0) is 16.8. The summed E-state index contributed by atoms with van der Waals surface area (Å²) in [5.41, 5.74) is 6.69. The van der Waals surface area contributed by atoms with E-state index in [1.807, 2.05) is 11.8 Å². The fraction of sp³-hybridized carbons (Fsp3) is 0.571. The van der Waals surface area contributed by atoms with Crippen LogP contribution in [0.4, 0.5) is 10.1 Å². The van der Waals surface area contributed by atoms with Gasteiger partial charge in [0.15, 0.2) is 5.82 Å². The van der Waals surface area contributed by atoms with Gasteiger partial charge in [-0.1, -0.05) is 0 Å². The maximum atomic E-state index is 15.0. The molecule has 1 fully saturated rings. The Morgan fingerprint density at radius 2 is 2.22 bits per heavy atom. The summed E-state index contributed by atoms with van der Waals surface area (Å²) in [4.78, 5) is 2.04. The Labute approximate surface area is 135 Å². The van der Waals surface area contributed by atoms with Crippen LogP contribution in [0.15, 0.2) is 6.07 Å². The molecule has 0 spiro atoms. The van der Waals surface area contributed by atoms with Gasteiger partial charge < -0.3 is 10.8 Å². The normalized spacial score (nSPS) is 22.1. The van der Waals surface area contributed by atoms with Crippen molar-refractivity contribution in [2.45, 2.75) is 25.9 Å². The summed E-state index contributed by atoms with van der Waals surface area (Å²) in [6.45, 7) is 3.90. The topological polar surface area (TPSA) is 98.9 Å². The quantitative estimate of drug-likeness (QED) is 0.711. The van der Waals surface area contributed by atoms with Crippen LogP contribution in [0.5, 0.6) is 5.75 Å². The van der Waals surface area contributed by atoms with Crippen LogP contribution >= 0.6 is 0 Å². The molecule has 128 valence electrons. The molecule has 1 saturated heterocycles. The summed E-state index contributed by atoms with van der Waals surface area (Å²) in [6, 6.07) is 1.45. The van der Waals surface area contributed by atoms with Crippen molar-refractivity contribution in [1.29, 1.82) is 0 Å². The molecule has 1 aromatic rings.